The fourth-order valence-electron chi connectivity index (χ4n) is 1.87. The Kier molecular flexibility index (Phi) is 4.78. The molecule has 0 spiro atoms. The molecule has 1 amide bonds. The summed E-state index contributed by atoms with van der Waals surface area (Å²) in [6.07, 6.45) is 0. The van der Waals surface area contributed by atoms with Crippen molar-refractivity contribution in [3.05, 3.63) is 70.3 Å². The molecule has 0 atom stereocenters. The maximum absolute atomic E-state index is 13.5. The topological polar surface area (TPSA) is 46.2 Å². The molecule has 0 heterocycles. The zero-order valence-electron chi connectivity index (χ0n) is 11.9. The standard InChI is InChI=1S/C16H11F4NO2/c1-8(22)10-4-2-9(3-5-10)7-21-16(23)11-6-12(17)14(19)15(20)13(11)18/h2-6H,7H2,1H3,(H,21,23). The van der Waals surface area contributed by atoms with Gasteiger partial charge in [-0.1, -0.05) is 24.3 Å². The van der Waals surface area contributed by atoms with Crippen LogP contribution in [0.3, 0.4) is 0 Å². The SMILES string of the molecule is CC(=O)c1ccc(CNC(=O)c2cc(F)c(F)c(F)c2F)cc1. The van der Waals surface area contributed by atoms with Gasteiger partial charge in [0.05, 0.1) is 5.56 Å². The summed E-state index contributed by atoms with van der Waals surface area (Å²) in [6.45, 7) is 1.34. The summed E-state index contributed by atoms with van der Waals surface area (Å²) in [5.74, 6) is -8.64. The first kappa shape index (κ1) is 16.7. The predicted octanol–water partition coefficient (Wildman–Crippen LogP) is 3.38. The van der Waals surface area contributed by atoms with Gasteiger partial charge < -0.3 is 5.32 Å². The van der Waals surface area contributed by atoms with Gasteiger partial charge in [0.25, 0.3) is 5.91 Å². The van der Waals surface area contributed by atoms with Gasteiger partial charge in [0.1, 0.15) is 0 Å². The van der Waals surface area contributed by atoms with E-state index in [1.54, 1.807) is 24.3 Å². The largest absolute Gasteiger partial charge is 0.348 e. The second kappa shape index (κ2) is 6.60. The van der Waals surface area contributed by atoms with Crippen LogP contribution in [0.4, 0.5) is 17.6 Å². The zero-order chi connectivity index (χ0) is 17.1. The Morgan fingerprint density at radius 2 is 1.57 bits per heavy atom. The van der Waals surface area contributed by atoms with Crippen LogP contribution in [0.15, 0.2) is 30.3 Å². The number of ketones is 1. The van der Waals surface area contributed by atoms with Gasteiger partial charge in [0.2, 0.25) is 0 Å². The maximum Gasteiger partial charge on any atom is 0.254 e. The molecule has 0 aliphatic carbocycles. The van der Waals surface area contributed by atoms with Crippen LogP contribution in [-0.4, -0.2) is 11.7 Å². The Labute approximate surface area is 128 Å². The minimum atomic E-state index is -2.04. The molecule has 0 aliphatic heterocycles. The molecule has 7 heteroatoms. The summed E-state index contributed by atoms with van der Waals surface area (Å²) in [5.41, 5.74) is 0.141. The smallest absolute Gasteiger partial charge is 0.254 e. The fourth-order valence-corrected chi connectivity index (χ4v) is 1.87. The first-order valence-corrected chi connectivity index (χ1v) is 6.52. The number of halogens is 4. The number of benzene rings is 2. The van der Waals surface area contributed by atoms with E-state index in [1.165, 1.54) is 6.92 Å². The molecule has 0 bridgehead atoms. The van der Waals surface area contributed by atoms with Gasteiger partial charge in [-0.15, -0.1) is 0 Å². The minimum Gasteiger partial charge on any atom is -0.348 e. The number of hydrogen-bond donors (Lipinski definition) is 1. The van der Waals surface area contributed by atoms with Crippen molar-refractivity contribution in [3.8, 4) is 0 Å². The van der Waals surface area contributed by atoms with Crippen LogP contribution in [0, 0.1) is 23.3 Å². The number of nitrogens with one attached hydrogen (secondary N) is 1. The highest BCUT2D eigenvalue weighted by atomic mass is 19.2. The molecule has 2 rings (SSSR count). The van der Waals surface area contributed by atoms with E-state index in [9.17, 15) is 27.2 Å². The number of carbonyl (C=O) groups is 2. The number of Topliss-reactive ketones (excluding diaryl/α,β-unsaturated/α-hetero) is 1. The number of amides is 1. The summed E-state index contributed by atoms with van der Waals surface area (Å²) in [5, 5.41) is 2.26. The van der Waals surface area contributed by atoms with Gasteiger partial charge in [0.15, 0.2) is 29.1 Å². The molecule has 0 aromatic heterocycles. The summed E-state index contributed by atoms with van der Waals surface area (Å²) in [4.78, 5) is 22.9. The van der Waals surface area contributed by atoms with Crippen molar-refractivity contribution in [2.45, 2.75) is 13.5 Å². The first-order valence-electron chi connectivity index (χ1n) is 6.52. The molecular formula is C16H11F4NO2. The molecule has 0 unspecified atom stereocenters. The second-order valence-electron chi connectivity index (χ2n) is 4.78. The van der Waals surface area contributed by atoms with Crippen molar-refractivity contribution >= 4 is 11.7 Å². The van der Waals surface area contributed by atoms with Crippen LogP contribution in [0.5, 0.6) is 0 Å². The van der Waals surface area contributed by atoms with E-state index in [0.29, 0.717) is 17.2 Å². The van der Waals surface area contributed by atoms with Gasteiger partial charge >= 0.3 is 0 Å². The number of hydrogen-bond acceptors (Lipinski definition) is 2. The van der Waals surface area contributed by atoms with Gasteiger partial charge in [0, 0.05) is 12.1 Å². The third-order valence-electron chi connectivity index (χ3n) is 3.16. The van der Waals surface area contributed by atoms with E-state index in [0.717, 1.165) is 0 Å². The van der Waals surface area contributed by atoms with Crippen molar-refractivity contribution in [3.63, 3.8) is 0 Å². The molecule has 0 fully saturated rings. The van der Waals surface area contributed by atoms with Crippen molar-refractivity contribution < 1.29 is 27.2 Å². The Bertz CT molecular complexity index is 773. The average Bonchev–Trinajstić information content (AvgIpc) is 2.54. The van der Waals surface area contributed by atoms with Crippen LogP contribution in [0.25, 0.3) is 0 Å². The molecule has 1 N–H and O–H groups in total. The third kappa shape index (κ3) is 3.56. The number of rotatable bonds is 4. The lowest BCUT2D eigenvalue weighted by Gasteiger charge is -2.08. The van der Waals surface area contributed by atoms with Gasteiger partial charge in [-0.3, -0.25) is 9.59 Å². The highest BCUT2D eigenvalue weighted by molar-refractivity contribution is 5.95. The molecule has 23 heavy (non-hydrogen) atoms. The van der Waals surface area contributed by atoms with Gasteiger partial charge in [-0.25, -0.2) is 17.6 Å². The van der Waals surface area contributed by atoms with E-state index in [-0.39, 0.29) is 12.3 Å². The molecule has 0 aliphatic rings. The summed E-state index contributed by atoms with van der Waals surface area (Å²) in [6, 6.07) is 6.52. The molecule has 120 valence electrons. The summed E-state index contributed by atoms with van der Waals surface area (Å²) >= 11 is 0. The monoisotopic (exact) mass is 325 g/mol. The normalized spacial score (nSPS) is 10.5. The van der Waals surface area contributed by atoms with Crippen molar-refractivity contribution in [1.82, 2.24) is 5.32 Å². The average molecular weight is 325 g/mol. The fraction of sp³-hybridized carbons (Fsp3) is 0.125. The Balaban J connectivity index is 2.12. The Hall–Kier alpha value is -2.70. The molecular weight excluding hydrogens is 314 g/mol. The molecule has 2 aromatic rings. The number of carbonyl (C=O) groups excluding carboxylic acids is 2. The Morgan fingerprint density at radius 3 is 2.13 bits per heavy atom. The predicted molar refractivity (Wildman–Crippen MR) is 73.9 cm³/mol. The molecule has 3 nitrogen and oxygen atoms in total. The molecule has 0 saturated heterocycles. The highest BCUT2D eigenvalue weighted by Crippen LogP contribution is 2.18. The van der Waals surface area contributed by atoms with E-state index >= 15 is 0 Å². The molecule has 0 radical (unpaired) electrons. The van der Waals surface area contributed by atoms with E-state index in [2.05, 4.69) is 5.32 Å². The Morgan fingerprint density at radius 1 is 0.957 bits per heavy atom. The van der Waals surface area contributed by atoms with E-state index in [4.69, 9.17) is 0 Å². The van der Waals surface area contributed by atoms with Crippen LogP contribution in [0.1, 0.15) is 33.2 Å². The van der Waals surface area contributed by atoms with Crippen molar-refractivity contribution in [1.29, 1.82) is 0 Å². The molecule has 2 aromatic carbocycles. The minimum absolute atomic E-state index is 0.0585. The lowest BCUT2D eigenvalue weighted by Crippen LogP contribution is -2.25. The second-order valence-corrected chi connectivity index (χ2v) is 4.78. The molecule has 0 saturated carbocycles. The first-order chi connectivity index (χ1) is 10.8. The summed E-state index contributed by atoms with van der Waals surface area (Å²) < 4.78 is 52.5. The highest BCUT2D eigenvalue weighted by Gasteiger charge is 2.22. The maximum atomic E-state index is 13.5. The quantitative estimate of drug-likeness (QED) is 0.405. The lowest BCUT2D eigenvalue weighted by molar-refractivity contribution is 0.0943. The van der Waals surface area contributed by atoms with E-state index < -0.39 is 34.7 Å². The van der Waals surface area contributed by atoms with E-state index in [1.807, 2.05) is 0 Å². The zero-order valence-corrected chi connectivity index (χ0v) is 11.9. The van der Waals surface area contributed by atoms with Crippen LogP contribution >= 0.6 is 0 Å². The van der Waals surface area contributed by atoms with Crippen LogP contribution in [0.2, 0.25) is 0 Å². The van der Waals surface area contributed by atoms with Gasteiger partial charge in [-0.05, 0) is 18.6 Å². The van der Waals surface area contributed by atoms with Crippen molar-refractivity contribution in [2.75, 3.05) is 0 Å². The lowest BCUT2D eigenvalue weighted by atomic mass is 10.1. The van der Waals surface area contributed by atoms with Crippen molar-refractivity contribution in [2.24, 2.45) is 0 Å². The van der Waals surface area contributed by atoms with Gasteiger partial charge in [-0.2, -0.15) is 0 Å². The third-order valence-corrected chi connectivity index (χ3v) is 3.16. The van der Waals surface area contributed by atoms with Crippen LogP contribution < -0.4 is 5.32 Å². The van der Waals surface area contributed by atoms with Crippen LogP contribution in [-0.2, 0) is 6.54 Å². The summed E-state index contributed by atoms with van der Waals surface area (Å²) in [7, 11) is 0.